The van der Waals surface area contributed by atoms with E-state index in [0.29, 0.717) is 0 Å². The summed E-state index contributed by atoms with van der Waals surface area (Å²) >= 11 is 0. The molecule has 0 saturated carbocycles. The van der Waals surface area contributed by atoms with Gasteiger partial charge in [-0.15, -0.1) is 20.4 Å². The number of nitrogens with zero attached hydrogens (tertiary/aromatic N) is 15. The average molecular weight is 489 g/mol. The second-order valence-electron chi connectivity index (χ2n) is 7.79. The zero-order valence-electron chi connectivity index (χ0n) is 19.4. The second-order valence-corrected chi connectivity index (χ2v) is 7.79. The van der Waals surface area contributed by atoms with Crippen LogP contribution in [0.2, 0.25) is 0 Å². The van der Waals surface area contributed by atoms with Crippen LogP contribution in [0.25, 0.3) is 0 Å². The van der Waals surface area contributed by atoms with Crippen LogP contribution in [0.3, 0.4) is 0 Å². The van der Waals surface area contributed by atoms with Crippen molar-refractivity contribution in [2.24, 2.45) is 0 Å². The molecule has 2 fully saturated rings. The van der Waals surface area contributed by atoms with Gasteiger partial charge in [0.05, 0.1) is 24.1 Å². The molecule has 0 amide bonds. The van der Waals surface area contributed by atoms with Crippen molar-refractivity contribution in [3.63, 3.8) is 0 Å². The van der Waals surface area contributed by atoms with Gasteiger partial charge in [0.2, 0.25) is 11.9 Å². The highest BCUT2D eigenvalue weighted by atomic mass is 15.4. The van der Waals surface area contributed by atoms with E-state index in [9.17, 15) is 0 Å². The number of piperazine rings is 2. The Morgan fingerprint density at radius 3 is 1.81 bits per heavy atom. The van der Waals surface area contributed by atoms with Crippen molar-refractivity contribution in [1.29, 1.82) is 0 Å². The highest BCUT2D eigenvalue weighted by molar-refractivity contribution is 5.40. The van der Waals surface area contributed by atoms with Crippen molar-refractivity contribution in [1.82, 2.24) is 66.0 Å². The van der Waals surface area contributed by atoms with Gasteiger partial charge in [-0.2, -0.15) is 0 Å². The second kappa shape index (κ2) is 11.7. The van der Waals surface area contributed by atoms with Gasteiger partial charge in [0, 0.05) is 51.9 Å². The lowest BCUT2D eigenvalue weighted by Gasteiger charge is -2.35. The van der Waals surface area contributed by atoms with Crippen LogP contribution in [0.1, 0.15) is 11.7 Å². The summed E-state index contributed by atoms with van der Waals surface area (Å²) < 4.78 is 0. The van der Waals surface area contributed by atoms with Crippen LogP contribution in [0.5, 0.6) is 0 Å². The molecule has 0 bridgehead atoms. The Balaban J connectivity index is 0.000000148. The highest BCUT2D eigenvalue weighted by Crippen LogP contribution is 2.24. The fourth-order valence-electron chi connectivity index (χ4n) is 3.96. The van der Waals surface area contributed by atoms with Gasteiger partial charge >= 0.3 is 0 Å². The molecule has 184 valence electrons. The lowest BCUT2D eigenvalue weighted by molar-refractivity contribution is 0.470. The van der Waals surface area contributed by atoms with Gasteiger partial charge in [0.15, 0.2) is 5.82 Å². The van der Waals surface area contributed by atoms with E-state index in [2.05, 4.69) is 80.7 Å². The van der Waals surface area contributed by atoms with Gasteiger partial charge in [0.1, 0.15) is 25.3 Å². The van der Waals surface area contributed by atoms with Gasteiger partial charge < -0.3 is 20.0 Å². The maximum Gasteiger partial charge on any atom is 0.228 e. The fourth-order valence-corrected chi connectivity index (χ4v) is 3.96. The largest absolute Gasteiger partial charge is 0.344 e. The van der Waals surface area contributed by atoms with Crippen LogP contribution in [0.4, 0.5) is 17.7 Å². The van der Waals surface area contributed by atoms with Crippen LogP contribution in [-0.2, 0) is 0 Å². The number of nitrogens with one attached hydrogen (secondary N) is 1. The average Bonchev–Trinajstić information content (AvgIpc) is 2.99. The van der Waals surface area contributed by atoms with E-state index in [1.54, 1.807) is 12.4 Å². The van der Waals surface area contributed by atoms with E-state index in [1.807, 2.05) is 12.1 Å². The maximum atomic E-state index is 4.14. The summed E-state index contributed by atoms with van der Waals surface area (Å²) in [6, 6.07) is 3.80. The van der Waals surface area contributed by atoms with E-state index in [1.165, 1.54) is 25.3 Å². The van der Waals surface area contributed by atoms with E-state index >= 15 is 0 Å². The molecule has 0 spiro atoms. The van der Waals surface area contributed by atoms with E-state index in [-0.39, 0.29) is 6.04 Å². The van der Waals surface area contributed by atoms with Gasteiger partial charge in [-0.05, 0) is 16.5 Å². The molecule has 1 unspecified atom stereocenters. The molecule has 0 aromatic carbocycles. The van der Waals surface area contributed by atoms with Crippen LogP contribution in [0, 0.1) is 0 Å². The van der Waals surface area contributed by atoms with Gasteiger partial charge in [-0.3, -0.25) is 0 Å². The first-order valence-electron chi connectivity index (χ1n) is 11.4. The number of anilines is 3. The zero-order valence-corrected chi connectivity index (χ0v) is 19.4. The summed E-state index contributed by atoms with van der Waals surface area (Å²) in [5.41, 5.74) is 0.871. The lowest BCUT2D eigenvalue weighted by Crippen LogP contribution is -2.47. The molecule has 2 aliphatic heterocycles. The first-order valence-corrected chi connectivity index (χ1v) is 11.4. The topological polar surface area (TPSA) is 176 Å². The summed E-state index contributed by atoms with van der Waals surface area (Å²) in [7, 11) is 0. The standard InChI is InChI=1S/2C10H12N8/c1-3-12-16-14-8(1)9-7-11-5-6-18(9)10-2-4-13-17-15-10;1-2-18(10-15-7-12-8-16-10)4-3-17(1)9-13-5-11-6-14-9/h1-4,9,11H,5-7H2;5-8H,1-4H2. The summed E-state index contributed by atoms with van der Waals surface area (Å²) in [6.45, 7) is 5.91. The number of hydrogen-bond acceptors (Lipinski definition) is 16. The minimum absolute atomic E-state index is 0.0888. The molecule has 2 aliphatic rings. The third-order valence-corrected chi connectivity index (χ3v) is 5.70. The smallest absolute Gasteiger partial charge is 0.228 e. The monoisotopic (exact) mass is 488 g/mol. The minimum Gasteiger partial charge on any atom is -0.344 e. The summed E-state index contributed by atoms with van der Waals surface area (Å²) in [4.78, 5) is 30.6. The molecule has 1 N–H and O–H groups in total. The minimum atomic E-state index is 0.0888. The van der Waals surface area contributed by atoms with Crippen molar-refractivity contribution in [2.75, 3.05) is 60.5 Å². The Bertz CT molecular complexity index is 1070. The van der Waals surface area contributed by atoms with Crippen LogP contribution >= 0.6 is 0 Å². The van der Waals surface area contributed by atoms with Crippen molar-refractivity contribution < 1.29 is 0 Å². The molecule has 16 nitrogen and oxygen atoms in total. The quantitative estimate of drug-likeness (QED) is 0.354. The highest BCUT2D eigenvalue weighted by Gasteiger charge is 2.26. The van der Waals surface area contributed by atoms with Crippen LogP contribution < -0.4 is 20.0 Å². The van der Waals surface area contributed by atoms with Crippen LogP contribution in [-0.4, -0.2) is 107 Å². The van der Waals surface area contributed by atoms with Crippen molar-refractivity contribution in [3.8, 4) is 0 Å². The van der Waals surface area contributed by atoms with E-state index in [0.717, 1.165) is 69.2 Å². The van der Waals surface area contributed by atoms with Crippen molar-refractivity contribution in [2.45, 2.75) is 6.04 Å². The number of aromatic nitrogens is 12. The predicted octanol–water partition coefficient (Wildman–Crippen LogP) is -1.41. The molecule has 2 saturated heterocycles. The maximum absolute atomic E-state index is 4.14. The summed E-state index contributed by atoms with van der Waals surface area (Å²) in [6.07, 6.45) is 9.34. The van der Waals surface area contributed by atoms with E-state index < -0.39 is 0 Å². The first-order chi connectivity index (χ1) is 17.9. The molecular weight excluding hydrogens is 464 g/mol. The molecule has 6 heterocycles. The molecule has 4 aromatic rings. The molecule has 36 heavy (non-hydrogen) atoms. The molecule has 16 heteroatoms. The third-order valence-electron chi connectivity index (χ3n) is 5.70. The Labute approximate surface area is 206 Å². The molecule has 0 aliphatic carbocycles. The molecule has 0 radical (unpaired) electrons. The Kier molecular flexibility index (Phi) is 7.52. The predicted molar refractivity (Wildman–Crippen MR) is 127 cm³/mol. The summed E-state index contributed by atoms with van der Waals surface area (Å²) in [5, 5.41) is 26.2. The molecule has 4 aromatic heterocycles. The number of hydrogen-bond donors (Lipinski definition) is 1. The van der Waals surface area contributed by atoms with Crippen LogP contribution in [0.15, 0.2) is 49.8 Å². The number of rotatable bonds is 4. The van der Waals surface area contributed by atoms with Gasteiger partial charge in [-0.25, -0.2) is 29.9 Å². The van der Waals surface area contributed by atoms with Crippen molar-refractivity contribution in [3.05, 3.63) is 55.5 Å². The van der Waals surface area contributed by atoms with Crippen molar-refractivity contribution >= 4 is 17.7 Å². The fraction of sp³-hybridized carbons (Fsp3) is 0.400. The molecule has 1 atom stereocenters. The van der Waals surface area contributed by atoms with Gasteiger partial charge in [0.25, 0.3) is 0 Å². The normalized spacial score (nSPS) is 17.8. The Morgan fingerprint density at radius 1 is 0.694 bits per heavy atom. The molecular formula is C20H24N16. The first kappa shape index (κ1) is 23.2. The Hall–Kier alpha value is -4.60. The SMILES string of the molecule is c1cc(C2CNCCN2c2ccnnn2)nnn1.c1ncnc(N2CCN(c3ncncn3)CC2)n1. The third kappa shape index (κ3) is 5.72. The molecule has 6 rings (SSSR count). The Morgan fingerprint density at radius 2 is 1.28 bits per heavy atom. The van der Waals surface area contributed by atoms with E-state index in [4.69, 9.17) is 0 Å². The zero-order chi connectivity index (χ0) is 24.4. The summed E-state index contributed by atoms with van der Waals surface area (Å²) in [5.74, 6) is 2.25. The van der Waals surface area contributed by atoms with Gasteiger partial charge in [-0.1, -0.05) is 0 Å². The lowest BCUT2D eigenvalue weighted by atomic mass is 10.1.